The zero-order valence-corrected chi connectivity index (χ0v) is 18.6. The van der Waals surface area contributed by atoms with Gasteiger partial charge in [0.1, 0.15) is 0 Å². The van der Waals surface area contributed by atoms with Crippen molar-refractivity contribution in [3.63, 3.8) is 0 Å². The van der Waals surface area contributed by atoms with Gasteiger partial charge in [-0.05, 0) is 29.7 Å². The Kier molecular flexibility index (Phi) is 5.79. The van der Waals surface area contributed by atoms with Crippen molar-refractivity contribution in [3.8, 4) is 5.88 Å². The number of hydrogen-bond acceptors (Lipinski definition) is 5. The van der Waals surface area contributed by atoms with E-state index in [0.717, 1.165) is 21.7 Å². The van der Waals surface area contributed by atoms with Crippen molar-refractivity contribution >= 4 is 17.4 Å². The van der Waals surface area contributed by atoms with Gasteiger partial charge < -0.3 is 10.4 Å². The number of thioether (sulfide) groups is 1. The molecular formula is C26H23N3O3S. The number of aromatic hydroxyl groups is 1. The number of para-hydroxylation sites is 1. The fourth-order valence-corrected chi connectivity index (χ4v) is 5.51. The van der Waals surface area contributed by atoms with E-state index < -0.39 is 17.3 Å². The van der Waals surface area contributed by atoms with Crippen LogP contribution < -0.4 is 16.6 Å². The summed E-state index contributed by atoms with van der Waals surface area (Å²) in [6.07, 6.45) is 0.559. The molecule has 2 atom stereocenters. The van der Waals surface area contributed by atoms with Crippen molar-refractivity contribution in [2.24, 2.45) is 0 Å². The summed E-state index contributed by atoms with van der Waals surface area (Å²) in [4.78, 5) is 29.0. The summed E-state index contributed by atoms with van der Waals surface area (Å²) < 4.78 is 1.22. The van der Waals surface area contributed by atoms with Crippen molar-refractivity contribution in [1.29, 1.82) is 0 Å². The molecule has 7 heteroatoms. The molecule has 166 valence electrons. The fraction of sp³-hybridized carbons (Fsp3) is 0.154. The molecule has 2 unspecified atom stereocenters. The minimum atomic E-state index is -0.631. The Morgan fingerprint density at radius 1 is 0.909 bits per heavy atom. The lowest BCUT2D eigenvalue weighted by Gasteiger charge is -2.22. The van der Waals surface area contributed by atoms with Crippen LogP contribution in [0.5, 0.6) is 5.88 Å². The minimum absolute atomic E-state index is 0.0562. The van der Waals surface area contributed by atoms with Crippen LogP contribution in [0.15, 0.2) is 99.4 Å². The molecule has 5 rings (SSSR count). The van der Waals surface area contributed by atoms with Crippen LogP contribution in [0.3, 0.4) is 0 Å². The number of H-pyrrole nitrogens is 1. The summed E-state index contributed by atoms with van der Waals surface area (Å²) in [5.74, 6) is -0.304. The predicted molar refractivity (Wildman–Crippen MR) is 131 cm³/mol. The second-order valence-corrected chi connectivity index (χ2v) is 9.26. The molecule has 2 heterocycles. The molecule has 1 aliphatic rings. The highest BCUT2D eigenvalue weighted by Crippen LogP contribution is 2.48. The highest BCUT2D eigenvalue weighted by molar-refractivity contribution is 7.99. The summed E-state index contributed by atoms with van der Waals surface area (Å²) in [5.41, 5.74) is 1.85. The van der Waals surface area contributed by atoms with E-state index in [4.69, 9.17) is 0 Å². The van der Waals surface area contributed by atoms with Crippen LogP contribution in [-0.2, 0) is 6.54 Å². The first-order chi connectivity index (χ1) is 16.1. The average molecular weight is 458 g/mol. The Morgan fingerprint density at radius 2 is 1.58 bits per heavy atom. The Labute approximate surface area is 194 Å². The summed E-state index contributed by atoms with van der Waals surface area (Å²) in [6.45, 7) is 0.162. The summed E-state index contributed by atoms with van der Waals surface area (Å²) in [7, 11) is 0. The predicted octanol–water partition coefficient (Wildman–Crippen LogP) is 4.68. The van der Waals surface area contributed by atoms with Gasteiger partial charge in [0.05, 0.1) is 18.2 Å². The van der Waals surface area contributed by atoms with Gasteiger partial charge in [-0.25, -0.2) is 4.79 Å². The number of nitrogens with zero attached hydrogens (tertiary/aromatic N) is 1. The molecule has 3 N–H and O–H groups in total. The maximum atomic E-state index is 13.0. The molecule has 4 aromatic rings. The van der Waals surface area contributed by atoms with E-state index in [1.54, 1.807) is 11.8 Å². The van der Waals surface area contributed by atoms with E-state index in [1.807, 2.05) is 72.8 Å². The monoisotopic (exact) mass is 457 g/mol. The number of benzene rings is 3. The van der Waals surface area contributed by atoms with Gasteiger partial charge in [0.25, 0.3) is 5.56 Å². The summed E-state index contributed by atoms with van der Waals surface area (Å²) in [5, 5.41) is 14.7. The van der Waals surface area contributed by atoms with Crippen molar-refractivity contribution in [1.82, 2.24) is 9.55 Å². The smallest absolute Gasteiger partial charge is 0.331 e. The summed E-state index contributed by atoms with van der Waals surface area (Å²) in [6, 6.07) is 26.9. The van der Waals surface area contributed by atoms with Crippen molar-refractivity contribution in [3.05, 3.63) is 122 Å². The first kappa shape index (κ1) is 21.2. The molecule has 3 aromatic carbocycles. The van der Waals surface area contributed by atoms with Gasteiger partial charge in [0.2, 0.25) is 5.88 Å². The third-order valence-electron chi connectivity index (χ3n) is 5.85. The van der Waals surface area contributed by atoms with Crippen molar-refractivity contribution in [2.45, 2.75) is 29.2 Å². The fourth-order valence-electron chi connectivity index (χ4n) is 4.21. The van der Waals surface area contributed by atoms with E-state index in [2.05, 4.69) is 22.4 Å². The number of fused-ring (bicyclic) bond motifs is 1. The van der Waals surface area contributed by atoms with Gasteiger partial charge >= 0.3 is 5.69 Å². The van der Waals surface area contributed by atoms with Crippen LogP contribution in [0.25, 0.3) is 0 Å². The Bertz CT molecular complexity index is 1380. The molecular weight excluding hydrogens is 434 g/mol. The molecule has 0 aliphatic carbocycles. The summed E-state index contributed by atoms with van der Waals surface area (Å²) >= 11 is 1.73. The number of anilines is 1. The van der Waals surface area contributed by atoms with Crippen LogP contribution in [0.1, 0.15) is 34.4 Å². The van der Waals surface area contributed by atoms with Crippen LogP contribution in [0.4, 0.5) is 5.69 Å². The first-order valence-electron chi connectivity index (χ1n) is 10.8. The number of nitrogens with one attached hydrogen (secondary N) is 2. The molecule has 0 spiro atoms. The van der Waals surface area contributed by atoms with Gasteiger partial charge in [-0.2, -0.15) is 0 Å². The lowest BCUT2D eigenvalue weighted by atomic mass is 9.99. The third-order valence-corrected chi connectivity index (χ3v) is 7.21. The molecule has 0 saturated heterocycles. The van der Waals surface area contributed by atoms with E-state index in [1.165, 1.54) is 4.57 Å². The Balaban J connectivity index is 1.60. The van der Waals surface area contributed by atoms with E-state index in [-0.39, 0.29) is 23.2 Å². The highest BCUT2D eigenvalue weighted by atomic mass is 32.2. The third kappa shape index (κ3) is 4.32. The van der Waals surface area contributed by atoms with Gasteiger partial charge in [0.15, 0.2) is 0 Å². The molecule has 1 aliphatic heterocycles. The Morgan fingerprint density at radius 3 is 2.33 bits per heavy atom. The van der Waals surface area contributed by atoms with Crippen LogP contribution >= 0.6 is 11.8 Å². The number of rotatable bonds is 4. The van der Waals surface area contributed by atoms with Crippen molar-refractivity contribution < 1.29 is 5.11 Å². The number of aromatic nitrogens is 2. The zero-order chi connectivity index (χ0) is 22.8. The largest absolute Gasteiger partial charge is 0.494 e. The van der Waals surface area contributed by atoms with Crippen LogP contribution in [0.2, 0.25) is 0 Å². The van der Waals surface area contributed by atoms with E-state index in [0.29, 0.717) is 6.42 Å². The van der Waals surface area contributed by atoms with Crippen LogP contribution in [-0.4, -0.2) is 14.7 Å². The molecule has 1 aromatic heterocycles. The molecule has 6 nitrogen and oxygen atoms in total. The molecule has 0 fully saturated rings. The molecule has 33 heavy (non-hydrogen) atoms. The number of hydrogen-bond donors (Lipinski definition) is 3. The first-order valence-corrected chi connectivity index (χ1v) is 11.6. The molecule has 0 radical (unpaired) electrons. The number of aromatic amines is 1. The van der Waals surface area contributed by atoms with E-state index >= 15 is 0 Å². The average Bonchev–Trinajstić information content (AvgIpc) is 3.02. The SMILES string of the molecule is O=c1[nH]c(=O)n(Cc2ccccc2)c(O)c1C1CC(c2ccccc2)Sc2ccccc2N1. The molecule has 0 saturated carbocycles. The lowest BCUT2D eigenvalue weighted by molar-refractivity contribution is 0.395. The molecule has 0 bridgehead atoms. The van der Waals surface area contributed by atoms with Gasteiger partial charge in [-0.1, -0.05) is 72.8 Å². The second-order valence-electron chi connectivity index (χ2n) is 8.01. The van der Waals surface area contributed by atoms with E-state index in [9.17, 15) is 14.7 Å². The Hall–Kier alpha value is -3.71. The van der Waals surface area contributed by atoms with Crippen molar-refractivity contribution in [2.75, 3.05) is 5.32 Å². The minimum Gasteiger partial charge on any atom is -0.494 e. The van der Waals surface area contributed by atoms with Crippen LogP contribution in [0, 0.1) is 0 Å². The maximum Gasteiger partial charge on any atom is 0.331 e. The normalized spacial score (nSPS) is 17.6. The van der Waals surface area contributed by atoms with Gasteiger partial charge in [-0.15, -0.1) is 11.8 Å². The second kappa shape index (κ2) is 9.03. The quantitative estimate of drug-likeness (QED) is 0.414. The van der Waals surface area contributed by atoms with Gasteiger partial charge in [0, 0.05) is 15.8 Å². The standard InChI is InChI=1S/C26H23N3O3S/c30-24-23(25(31)29(26(32)28-24)16-17-9-3-1-4-10-17)20-15-22(18-11-5-2-6-12-18)33-21-14-8-7-13-19(21)27-20/h1-14,20,22,27,31H,15-16H2,(H,28,30,32). The topological polar surface area (TPSA) is 87.1 Å². The van der Waals surface area contributed by atoms with Gasteiger partial charge in [-0.3, -0.25) is 14.3 Å². The lowest BCUT2D eigenvalue weighted by Crippen LogP contribution is -2.35. The highest BCUT2D eigenvalue weighted by Gasteiger charge is 2.30. The zero-order valence-electron chi connectivity index (χ0n) is 17.8. The maximum absolute atomic E-state index is 13.0. The molecule has 0 amide bonds.